The van der Waals surface area contributed by atoms with Crippen molar-refractivity contribution < 1.29 is 9.66 Å². The molecule has 1 aromatic carbocycles. The van der Waals surface area contributed by atoms with Gasteiger partial charge >= 0.3 is 0 Å². The largest absolute Gasteiger partial charge is 0.376 e. The SMILES string of the molecule is C=CCNC(=NCc1ccc([N+](=O)[O-])cc1)NCC1CCCCO1. The molecule has 1 fully saturated rings. The fourth-order valence-electron chi connectivity index (χ4n) is 2.42. The van der Waals surface area contributed by atoms with Crippen LogP contribution in [0.4, 0.5) is 5.69 Å². The monoisotopic (exact) mass is 332 g/mol. The lowest BCUT2D eigenvalue weighted by molar-refractivity contribution is -0.384. The second kappa shape index (κ2) is 9.67. The van der Waals surface area contributed by atoms with Gasteiger partial charge in [-0.25, -0.2) is 4.99 Å². The molecule has 7 heteroatoms. The fourth-order valence-corrected chi connectivity index (χ4v) is 2.42. The normalized spacial score (nSPS) is 18.0. The Morgan fingerprint density at radius 2 is 2.17 bits per heavy atom. The maximum atomic E-state index is 10.7. The second-order valence-corrected chi connectivity index (χ2v) is 5.63. The number of benzene rings is 1. The van der Waals surface area contributed by atoms with E-state index in [4.69, 9.17) is 4.74 Å². The lowest BCUT2D eigenvalue weighted by Gasteiger charge is -2.23. The molecule has 1 heterocycles. The highest BCUT2D eigenvalue weighted by atomic mass is 16.6. The summed E-state index contributed by atoms with van der Waals surface area (Å²) in [7, 11) is 0. The first-order chi connectivity index (χ1) is 11.7. The molecule has 0 saturated carbocycles. The van der Waals surface area contributed by atoms with E-state index in [1.807, 2.05) is 0 Å². The number of hydrogen-bond donors (Lipinski definition) is 2. The molecule has 0 bridgehead atoms. The highest BCUT2D eigenvalue weighted by Gasteiger charge is 2.14. The van der Waals surface area contributed by atoms with Gasteiger partial charge in [0, 0.05) is 31.8 Å². The van der Waals surface area contributed by atoms with Crippen molar-refractivity contribution in [2.45, 2.75) is 31.9 Å². The van der Waals surface area contributed by atoms with Gasteiger partial charge in [-0.15, -0.1) is 6.58 Å². The van der Waals surface area contributed by atoms with Crippen molar-refractivity contribution in [1.82, 2.24) is 10.6 Å². The fraction of sp³-hybridized carbons (Fsp3) is 0.471. The average molecular weight is 332 g/mol. The van der Waals surface area contributed by atoms with Crippen molar-refractivity contribution in [3.8, 4) is 0 Å². The Balaban J connectivity index is 1.90. The molecular weight excluding hydrogens is 308 g/mol. The van der Waals surface area contributed by atoms with E-state index in [1.165, 1.54) is 18.6 Å². The Morgan fingerprint density at radius 3 is 2.79 bits per heavy atom. The van der Waals surface area contributed by atoms with E-state index in [0.29, 0.717) is 25.6 Å². The predicted octanol–water partition coefficient (Wildman–Crippen LogP) is 2.39. The number of hydrogen-bond acceptors (Lipinski definition) is 4. The minimum Gasteiger partial charge on any atom is -0.376 e. The quantitative estimate of drug-likeness (QED) is 0.263. The number of nitro groups is 1. The van der Waals surface area contributed by atoms with Crippen LogP contribution in [0.25, 0.3) is 0 Å². The first-order valence-corrected chi connectivity index (χ1v) is 8.17. The first-order valence-electron chi connectivity index (χ1n) is 8.17. The van der Waals surface area contributed by atoms with Crippen molar-refractivity contribution >= 4 is 11.6 Å². The van der Waals surface area contributed by atoms with Crippen molar-refractivity contribution in [1.29, 1.82) is 0 Å². The van der Waals surface area contributed by atoms with Crippen LogP contribution in [-0.2, 0) is 11.3 Å². The lowest BCUT2D eigenvalue weighted by atomic mass is 10.1. The summed E-state index contributed by atoms with van der Waals surface area (Å²) >= 11 is 0. The van der Waals surface area contributed by atoms with Crippen molar-refractivity contribution in [2.24, 2.45) is 4.99 Å². The van der Waals surface area contributed by atoms with E-state index >= 15 is 0 Å². The smallest absolute Gasteiger partial charge is 0.269 e. The van der Waals surface area contributed by atoms with Gasteiger partial charge < -0.3 is 15.4 Å². The van der Waals surface area contributed by atoms with Crippen molar-refractivity contribution in [3.05, 3.63) is 52.6 Å². The van der Waals surface area contributed by atoms with Crippen LogP contribution in [0.2, 0.25) is 0 Å². The summed E-state index contributed by atoms with van der Waals surface area (Å²) < 4.78 is 5.70. The molecule has 130 valence electrons. The Kier molecular flexibility index (Phi) is 7.22. The van der Waals surface area contributed by atoms with Gasteiger partial charge in [-0.1, -0.05) is 18.2 Å². The number of aliphatic imine (C=N–C) groups is 1. The number of rotatable bonds is 7. The molecule has 0 aromatic heterocycles. The number of nitrogens with one attached hydrogen (secondary N) is 2. The minimum absolute atomic E-state index is 0.0836. The molecule has 2 N–H and O–H groups in total. The summed E-state index contributed by atoms with van der Waals surface area (Å²) in [5, 5.41) is 17.1. The summed E-state index contributed by atoms with van der Waals surface area (Å²) in [6.07, 6.45) is 5.37. The van der Waals surface area contributed by atoms with Gasteiger partial charge in [0.1, 0.15) is 0 Å². The summed E-state index contributed by atoms with van der Waals surface area (Å²) in [5.74, 6) is 0.683. The third-order valence-corrected chi connectivity index (χ3v) is 3.75. The van der Waals surface area contributed by atoms with Crippen molar-refractivity contribution in [2.75, 3.05) is 19.7 Å². The molecule has 24 heavy (non-hydrogen) atoms. The molecule has 0 aliphatic carbocycles. The number of nitrogens with zero attached hydrogens (tertiary/aromatic N) is 2. The third-order valence-electron chi connectivity index (χ3n) is 3.75. The molecule has 1 unspecified atom stereocenters. The van der Waals surface area contributed by atoms with Crippen LogP contribution < -0.4 is 10.6 Å². The lowest BCUT2D eigenvalue weighted by Crippen LogP contribution is -2.42. The highest BCUT2D eigenvalue weighted by molar-refractivity contribution is 5.79. The van der Waals surface area contributed by atoms with Crippen LogP contribution in [-0.4, -0.2) is 36.7 Å². The van der Waals surface area contributed by atoms with Crippen LogP contribution in [0, 0.1) is 10.1 Å². The van der Waals surface area contributed by atoms with E-state index in [-0.39, 0.29) is 11.8 Å². The maximum Gasteiger partial charge on any atom is 0.269 e. The van der Waals surface area contributed by atoms with E-state index in [2.05, 4.69) is 22.2 Å². The van der Waals surface area contributed by atoms with Crippen LogP contribution in [0.1, 0.15) is 24.8 Å². The molecule has 0 spiro atoms. The molecule has 1 saturated heterocycles. The number of ether oxygens (including phenoxy) is 1. The van der Waals surface area contributed by atoms with Crippen LogP contribution in [0.15, 0.2) is 41.9 Å². The van der Waals surface area contributed by atoms with Gasteiger partial charge in [0.25, 0.3) is 5.69 Å². The Hall–Kier alpha value is -2.41. The summed E-state index contributed by atoms with van der Waals surface area (Å²) in [4.78, 5) is 14.8. The number of non-ortho nitro benzene ring substituents is 1. The van der Waals surface area contributed by atoms with Crippen LogP contribution in [0.3, 0.4) is 0 Å². The van der Waals surface area contributed by atoms with Crippen molar-refractivity contribution in [3.63, 3.8) is 0 Å². The van der Waals surface area contributed by atoms with Gasteiger partial charge in [-0.3, -0.25) is 10.1 Å². The average Bonchev–Trinajstić information content (AvgIpc) is 2.62. The maximum absolute atomic E-state index is 10.7. The molecule has 1 aliphatic rings. The minimum atomic E-state index is -0.407. The summed E-state index contributed by atoms with van der Waals surface area (Å²) in [6, 6.07) is 6.42. The molecular formula is C17H24N4O3. The molecule has 1 aliphatic heterocycles. The number of guanidine groups is 1. The zero-order valence-electron chi connectivity index (χ0n) is 13.7. The van der Waals surface area contributed by atoms with E-state index < -0.39 is 4.92 Å². The molecule has 0 amide bonds. The number of nitro benzene ring substituents is 1. The highest BCUT2D eigenvalue weighted by Crippen LogP contribution is 2.13. The molecule has 2 rings (SSSR count). The standard InChI is InChI=1S/C17H24N4O3/c1-2-10-18-17(20-13-16-5-3-4-11-24-16)19-12-14-6-8-15(9-7-14)21(22)23/h2,6-9,16H,1,3-5,10-13H2,(H2,18,19,20). The van der Waals surface area contributed by atoms with Crippen LogP contribution >= 0.6 is 0 Å². The van der Waals surface area contributed by atoms with E-state index in [0.717, 1.165) is 25.0 Å². The summed E-state index contributed by atoms with van der Waals surface area (Å²) in [5.41, 5.74) is 0.995. The molecule has 1 aromatic rings. The molecule has 0 radical (unpaired) electrons. The Labute approximate surface area is 142 Å². The van der Waals surface area contributed by atoms with Gasteiger partial charge in [0.15, 0.2) is 5.96 Å². The molecule has 1 atom stereocenters. The Bertz CT molecular complexity index is 566. The Morgan fingerprint density at radius 1 is 1.38 bits per heavy atom. The molecule has 7 nitrogen and oxygen atoms in total. The van der Waals surface area contributed by atoms with Gasteiger partial charge in [0.2, 0.25) is 0 Å². The van der Waals surface area contributed by atoms with Gasteiger partial charge in [-0.2, -0.15) is 0 Å². The zero-order chi connectivity index (χ0) is 17.2. The predicted molar refractivity (Wildman–Crippen MR) is 94.0 cm³/mol. The first kappa shape index (κ1) is 17.9. The van der Waals surface area contributed by atoms with Crippen LogP contribution in [0.5, 0.6) is 0 Å². The topological polar surface area (TPSA) is 88.8 Å². The zero-order valence-corrected chi connectivity index (χ0v) is 13.7. The van der Waals surface area contributed by atoms with Gasteiger partial charge in [-0.05, 0) is 24.8 Å². The van der Waals surface area contributed by atoms with E-state index in [1.54, 1.807) is 18.2 Å². The summed E-state index contributed by atoms with van der Waals surface area (Å²) in [6.45, 7) is 6.28. The second-order valence-electron chi connectivity index (χ2n) is 5.63. The van der Waals surface area contributed by atoms with Gasteiger partial charge in [0.05, 0.1) is 17.6 Å². The van der Waals surface area contributed by atoms with E-state index in [9.17, 15) is 10.1 Å². The third kappa shape index (κ3) is 6.00.